The van der Waals surface area contributed by atoms with E-state index in [1.807, 2.05) is 13.8 Å². The summed E-state index contributed by atoms with van der Waals surface area (Å²) < 4.78 is 46.0. The van der Waals surface area contributed by atoms with E-state index in [2.05, 4.69) is 19.7 Å². The Morgan fingerprint density at radius 3 is 1.97 bits per heavy atom. The van der Waals surface area contributed by atoms with Crippen LogP contribution >= 0.6 is 0 Å². The fourth-order valence-corrected chi connectivity index (χ4v) is 2.78. The zero-order valence-corrected chi connectivity index (χ0v) is 15.6. The summed E-state index contributed by atoms with van der Waals surface area (Å²) in [6, 6.07) is 8.22. The van der Waals surface area contributed by atoms with E-state index in [0.29, 0.717) is 22.8 Å². The summed E-state index contributed by atoms with van der Waals surface area (Å²) >= 11 is 0. The third kappa shape index (κ3) is 4.80. The number of aliphatic hydroxyl groups is 1. The second-order valence-corrected chi connectivity index (χ2v) is 6.55. The molecular formula is C20H18F3N3O3. The molecule has 1 atom stereocenters. The molecule has 0 saturated carbocycles. The van der Waals surface area contributed by atoms with E-state index >= 15 is 0 Å². The molecule has 1 aromatic carbocycles. The van der Waals surface area contributed by atoms with E-state index in [-0.39, 0.29) is 11.7 Å². The molecule has 0 spiro atoms. The summed E-state index contributed by atoms with van der Waals surface area (Å²) in [6.45, 7) is 3.70. The van der Waals surface area contributed by atoms with Crippen LogP contribution in [0.4, 0.5) is 13.2 Å². The van der Waals surface area contributed by atoms with E-state index < -0.39 is 12.0 Å². The van der Waals surface area contributed by atoms with Crippen LogP contribution in [0.25, 0.3) is 0 Å². The van der Waals surface area contributed by atoms with Crippen molar-refractivity contribution in [1.29, 1.82) is 0 Å². The Morgan fingerprint density at radius 2 is 1.45 bits per heavy atom. The molecule has 152 valence electrons. The van der Waals surface area contributed by atoms with E-state index in [4.69, 9.17) is 4.74 Å². The lowest BCUT2D eigenvalue weighted by Gasteiger charge is -2.31. The minimum Gasteiger partial charge on any atom is -0.456 e. The number of alkyl halides is 3. The van der Waals surface area contributed by atoms with Crippen LogP contribution in [0.3, 0.4) is 0 Å². The molecule has 9 heteroatoms. The number of hydrogen-bond acceptors (Lipinski definition) is 6. The predicted octanol–water partition coefficient (Wildman–Crippen LogP) is 4.45. The molecule has 6 nitrogen and oxygen atoms in total. The standard InChI is InChI=1S/C20H18F3N3O3/c1-13(2)19(27,14-9-24-12-25-10-14)18-8-7-17(11-26-18)28-15-3-5-16(6-4-15)29-20(21,22)23/h3-13,27H,1-2H3. The Kier molecular flexibility index (Phi) is 5.69. The number of halogens is 3. The summed E-state index contributed by atoms with van der Waals surface area (Å²) in [5, 5.41) is 11.2. The highest BCUT2D eigenvalue weighted by Gasteiger charge is 2.37. The van der Waals surface area contributed by atoms with Gasteiger partial charge in [-0.25, -0.2) is 9.97 Å². The molecule has 0 aliphatic rings. The zero-order chi connectivity index (χ0) is 21.1. The number of ether oxygens (including phenoxy) is 2. The highest BCUT2D eigenvalue weighted by Crippen LogP contribution is 2.35. The summed E-state index contributed by atoms with van der Waals surface area (Å²) in [6.07, 6.45) is 1.11. The van der Waals surface area contributed by atoms with Gasteiger partial charge >= 0.3 is 6.36 Å². The SMILES string of the molecule is CC(C)C(O)(c1cncnc1)c1ccc(Oc2ccc(OC(F)(F)F)cc2)cn1. The predicted molar refractivity (Wildman–Crippen MR) is 97.3 cm³/mol. The lowest BCUT2D eigenvalue weighted by Crippen LogP contribution is -2.34. The normalized spacial score (nSPS) is 13.8. The van der Waals surface area contributed by atoms with E-state index in [9.17, 15) is 18.3 Å². The van der Waals surface area contributed by atoms with Crippen LogP contribution in [-0.4, -0.2) is 26.4 Å². The molecule has 0 aliphatic heterocycles. The third-order valence-electron chi connectivity index (χ3n) is 4.26. The highest BCUT2D eigenvalue weighted by molar-refractivity contribution is 5.36. The van der Waals surface area contributed by atoms with Crippen molar-refractivity contribution in [3.8, 4) is 17.2 Å². The number of pyridine rings is 1. The molecular weight excluding hydrogens is 387 g/mol. The van der Waals surface area contributed by atoms with Crippen LogP contribution in [0.1, 0.15) is 25.1 Å². The van der Waals surface area contributed by atoms with E-state index in [0.717, 1.165) is 12.1 Å². The van der Waals surface area contributed by atoms with Gasteiger partial charge in [-0.15, -0.1) is 13.2 Å². The Hall–Kier alpha value is -3.20. The van der Waals surface area contributed by atoms with Crippen molar-refractivity contribution in [2.75, 3.05) is 0 Å². The van der Waals surface area contributed by atoms with Gasteiger partial charge in [0.25, 0.3) is 0 Å². The van der Waals surface area contributed by atoms with Gasteiger partial charge < -0.3 is 14.6 Å². The van der Waals surface area contributed by atoms with Crippen molar-refractivity contribution in [3.63, 3.8) is 0 Å². The monoisotopic (exact) mass is 405 g/mol. The fourth-order valence-electron chi connectivity index (χ4n) is 2.78. The molecule has 3 aromatic rings. The lowest BCUT2D eigenvalue weighted by molar-refractivity contribution is -0.274. The number of nitrogens with zero attached hydrogens (tertiary/aromatic N) is 3. The first-order chi connectivity index (χ1) is 13.7. The van der Waals surface area contributed by atoms with Gasteiger partial charge in [-0.1, -0.05) is 13.8 Å². The van der Waals surface area contributed by atoms with Crippen molar-refractivity contribution < 1.29 is 27.8 Å². The van der Waals surface area contributed by atoms with Crippen molar-refractivity contribution >= 4 is 0 Å². The van der Waals surface area contributed by atoms with Gasteiger partial charge in [0.2, 0.25) is 0 Å². The second kappa shape index (κ2) is 8.04. The highest BCUT2D eigenvalue weighted by atomic mass is 19.4. The average molecular weight is 405 g/mol. The molecule has 0 saturated heterocycles. The Balaban J connectivity index is 1.78. The molecule has 0 radical (unpaired) electrons. The van der Waals surface area contributed by atoms with Crippen LogP contribution in [-0.2, 0) is 5.60 Å². The number of benzene rings is 1. The molecule has 1 N–H and O–H groups in total. The summed E-state index contributed by atoms with van der Waals surface area (Å²) in [7, 11) is 0. The van der Waals surface area contributed by atoms with Gasteiger partial charge in [0.1, 0.15) is 29.2 Å². The van der Waals surface area contributed by atoms with Gasteiger partial charge in [0.05, 0.1) is 11.9 Å². The Morgan fingerprint density at radius 1 is 0.862 bits per heavy atom. The maximum Gasteiger partial charge on any atom is 0.573 e. The van der Waals surface area contributed by atoms with Crippen molar-refractivity contribution in [2.45, 2.75) is 25.8 Å². The number of hydrogen-bond donors (Lipinski definition) is 1. The van der Waals surface area contributed by atoms with Gasteiger partial charge in [-0.3, -0.25) is 4.98 Å². The first kappa shape index (κ1) is 20.5. The lowest BCUT2D eigenvalue weighted by atomic mass is 9.81. The molecule has 1 unspecified atom stereocenters. The molecule has 0 amide bonds. The molecule has 0 aliphatic carbocycles. The Bertz CT molecular complexity index is 933. The summed E-state index contributed by atoms with van der Waals surface area (Å²) in [5.41, 5.74) is -0.490. The van der Waals surface area contributed by atoms with Crippen LogP contribution in [0.2, 0.25) is 0 Å². The van der Waals surface area contributed by atoms with Gasteiger partial charge in [-0.2, -0.15) is 0 Å². The second-order valence-electron chi connectivity index (χ2n) is 6.55. The van der Waals surface area contributed by atoms with Crippen LogP contribution < -0.4 is 9.47 Å². The minimum absolute atomic E-state index is 0.214. The van der Waals surface area contributed by atoms with Gasteiger partial charge in [-0.05, 0) is 42.3 Å². The zero-order valence-electron chi connectivity index (χ0n) is 15.6. The average Bonchev–Trinajstić information content (AvgIpc) is 2.69. The van der Waals surface area contributed by atoms with Crippen molar-refractivity contribution in [3.05, 3.63) is 72.6 Å². The maximum absolute atomic E-state index is 12.2. The van der Waals surface area contributed by atoms with E-state index in [1.54, 1.807) is 12.1 Å². The Labute approximate surface area is 165 Å². The molecule has 0 fully saturated rings. The molecule has 3 rings (SSSR count). The van der Waals surface area contributed by atoms with Crippen LogP contribution in [0.15, 0.2) is 61.3 Å². The first-order valence-corrected chi connectivity index (χ1v) is 8.66. The minimum atomic E-state index is -4.75. The van der Waals surface area contributed by atoms with Crippen molar-refractivity contribution in [2.24, 2.45) is 5.92 Å². The largest absolute Gasteiger partial charge is 0.573 e. The van der Waals surface area contributed by atoms with Crippen LogP contribution in [0.5, 0.6) is 17.2 Å². The molecule has 2 aromatic heterocycles. The quantitative estimate of drug-likeness (QED) is 0.653. The van der Waals surface area contributed by atoms with Crippen molar-refractivity contribution in [1.82, 2.24) is 15.0 Å². The topological polar surface area (TPSA) is 77.4 Å². The maximum atomic E-state index is 12.2. The smallest absolute Gasteiger partial charge is 0.456 e. The molecule has 2 heterocycles. The first-order valence-electron chi connectivity index (χ1n) is 8.66. The van der Waals surface area contributed by atoms with Gasteiger partial charge in [0, 0.05) is 18.0 Å². The van der Waals surface area contributed by atoms with Gasteiger partial charge in [0.15, 0.2) is 0 Å². The summed E-state index contributed by atoms with van der Waals surface area (Å²) in [4.78, 5) is 12.2. The van der Waals surface area contributed by atoms with E-state index in [1.165, 1.54) is 37.1 Å². The third-order valence-corrected chi connectivity index (χ3v) is 4.26. The van der Waals surface area contributed by atoms with Crippen LogP contribution in [0, 0.1) is 5.92 Å². The fraction of sp³-hybridized carbons (Fsp3) is 0.250. The number of rotatable bonds is 6. The molecule has 0 bridgehead atoms. The number of aromatic nitrogens is 3. The summed E-state index contributed by atoms with van der Waals surface area (Å²) in [5.74, 6) is 0.109. The molecule has 29 heavy (non-hydrogen) atoms.